The number of alkyl carbamates (subject to hydrolysis) is 1. The van der Waals surface area contributed by atoms with E-state index in [0.717, 1.165) is 5.56 Å². The first-order valence-electron chi connectivity index (χ1n) is 12.1. The normalized spacial score (nSPS) is 17.0. The van der Waals surface area contributed by atoms with Crippen LogP contribution in [0, 0.1) is 0 Å². The van der Waals surface area contributed by atoms with Gasteiger partial charge in [0.15, 0.2) is 0 Å². The summed E-state index contributed by atoms with van der Waals surface area (Å²) in [6.45, 7) is 13.6. The van der Waals surface area contributed by atoms with Gasteiger partial charge >= 0.3 is 19.2 Å². The lowest BCUT2D eigenvalue weighted by molar-refractivity contribution is 0.00578. The van der Waals surface area contributed by atoms with Gasteiger partial charge in [0.1, 0.15) is 12.2 Å². The summed E-state index contributed by atoms with van der Waals surface area (Å²) in [6.07, 6.45) is 1.24. The number of hydrogen-bond acceptors (Lipinski definition) is 6. The van der Waals surface area contributed by atoms with Crippen LogP contribution in [-0.2, 0) is 25.4 Å². The molecular formula is C28H36BNO6. The lowest BCUT2D eigenvalue weighted by atomic mass is 9.76. The van der Waals surface area contributed by atoms with Crippen molar-refractivity contribution in [2.45, 2.75) is 71.9 Å². The standard InChI is InChI=1S/C28H36BNO6/c1-26(2,3)34-24(31)23-16-12-11-15-21(23)17-22(29-35-27(4,5)28(6,7)36-29)18-30-25(32)33-19-20-13-9-8-10-14-20/h8-17H,18-19H2,1-7H3,(H,30,32). The van der Waals surface area contributed by atoms with E-state index in [-0.39, 0.29) is 13.2 Å². The molecule has 3 rings (SSSR count). The molecule has 0 unspecified atom stereocenters. The van der Waals surface area contributed by atoms with E-state index in [2.05, 4.69) is 5.32 Å². The molecule has 1 N–H and O–H groups in total. The van der Waals surface area contributed by atoms with Crippen LogP contribution in [0.4, 0.5) is 4.79 Å². The number of benzene rings is 2. The van der Waals surface area contributed by atoms with Crippen molar-refractivity contribution in [1.82, 2.24) is 5.32 Å². The summed E-state index contributed by atoms with van der Waals surface area (Å²) in [7, 11) is -0.726. The first kappa shape index (κ1) is 27.5. The quantitative estimate of drug-likeness (QED) is 0.400. The highest BCUT2D eigenvalue weighted by Crippen LogP contribution is 2.39. The minimum absolute atomic E-state index is 0.104. The van der Waals surface area contributed by atoms with Crippen molar-refractivity contribution >= 4 is 25.3 Å². The zero-order chi connectivity index (χ0) is 26.6. The Hall–Kier alpha value is -3.10. The molecule has 0 atom stereocenters. The first-order valence-corrected chi connectivity index (χ1v) is 12.1. The van der Waals surface area contributed by atoms with Crippen LogP contribution < -0.4 is 5.32 Å². The number of hydrogen-bond donors (Lipinski definition) is 1. The van der Waals surface area contributed by atoms with E-state index in [1.165, 1.54) is 0 Å². The summed E-state index contributed by atoms with van der Waals surface area (Å²) in [5.74, 6) is -0.433. The third kappa shape index (κ3) is 7.21. The lowest BCUT2D eigenvalue weighted by Gasteiger charge is -2.32. The summed E-state index contributed by atoms with van der Waals surface area (Å²) in [5, 5.41) is 2.79. The Labute approximate surface area is 214 Å². The molecule has 0 spiro atoms. The molecule has 0 aromatic heterocycles. The highest BCUT2D eigenvalue weighted by atomic mass is 16.7. The number of rotatable bonds is 7. The maximum absolute atomic E-state index is 12.9. The Balaban J connectivity index is 1.84. The van der Waals surface area contributed by atoms with Gasteiger partial charge in [0.2, 0.25) is 0 Å². The Morgan fingerprint density at radius 2 is 1.53 bits per heavy atom. The SMILES string of the molecule is CC(C)(C)OC(=O)c1ccccc1C=C(CNC(=O)OCc1ccccc1)B1OC(C)(C)C(C)(C)O1. The summed E-state index contributed by atoms with van der Waals surface area (Å²) in [6, 6.07) is 16.6. The maximum Gasteiger partial charge on any atom is 0.492 e. The van der Waals surface area contributed by atoms with E-state index in [9.17, 15) is 9.59 Å². The van der Waals surface area contributed by atoms with Gasteiger partial charge in [0.05, 0.1) is 16.8 Å². The van der Waals surface area contributed by atoms with Crippen LogP contribution in [-0.4, -0.2) is 42.5 Å². The van der Waals surface area contributed by atoms with Crippen molar-refractivity contribution in [1.29, 1.82) is 0 Å². The fourth-order valence-electron chi connectivity index (χ4n) is 3.49. The zero-order valence-corrected chi connectivity index (χ0v) is 22.2. The minimum atomic E-state index is -0.726. The van der Waals surface area contributed by atoms with Crippen molar-refractivity contribution in [3.05, 3.63) is 76.8 Å². The van der Waals surface area contributed by atoms with Crippen LogP contribution in [0.2, 0.25) is 0 Å². The van der Waals surface area contributed by atoms with Crippen molar-refractivity contribution in [2.24, 2.45) is 0 Å². The topological polar surface area (TPSA) is 83.1 Å². The molecule has 1 aliphatic rings. The average Bonchev–Trinajstić information content (AvgIpc) is 3.01. The van der Waals surface area contributed by atoms with Gasteiger partial charge in [-0.05, 0) is 71.1 Å². The summed E-state index contributed by atoms with van der Waals surface area (Å²) < 4.78 is 23.4. The van der Waals surface area contributed by atoms with Gasteiger partial charge in [-0.25, -0.2) is 9.59 Å². The van der Waals surface area contributed by atoms with Gasteiger partial charge in [0, 0.05) is 6.54 Å². The van der Waals surface area contributed by atoms with Crippen LogP contribution in [0.15, 0.2) is 60.1 Å². The molecule has 0 bridgehead atoms. The van der Waals surface area contributed by atoms with Crippen LogP contribution in [0.3, 0.4) is 0 Å². The van der Waals surface area contributed by atoms with Gasteiger partial charge in [0.25, 0.3) is 0 Å². The predicted molar refractivity (Wildman–Crippen MR) is 140 cm³/mol. The Kier molecular flexibility index (Phi) is 8.31. The largest absolute Gasteiger partial charge is 0.492 e. The molecule has 1 aliphatic heterocycles. The average molecular weight is 493 g/mol. The molecule has 2 aromatic rings. The molecule has 7 nitrogen and oxygen atoms in total. The van der Waals surface area contributed by atoms with E-state index in [1.807, 2.05) is 90.9 Å². The number of carbonyl (C=O) groups is 2. The fraction of sp³-hybridized carbons (Fsp3) is 0.429. The Bertz CT molecular complexity index is 1090. The molecule has 1 saturated heterocycles. The molecule has 0 saturated carbocycles. The molecule has 1 amide bonds. The highest BCUT2D eigenvalue weighted by Gasteiger charge is 2.52. The molecule has 8 heteroatoms. The van der Waals surface area contributed by atoms with Gasteiger partial charge < -0.3 is 24.1 Å². The number of amides is 1. The van der Waals surface area contributed by atoms with E-state index >= 15 is 0 Å². The molecule has 0 radical (unpaired) electrons. The summed E-state index contributed by atoms with van der Waals surface area (Å²) >= 11 is 0. The predicted octanol–water partition coefficient (Wildman–Crippen LogP) is 5.58. The molecule has 36 heavy (non-hydrogen) atoms. The number of carbonyl (C=O) groups excluding carboxylic acids is 2. The number of nitrogens with one attached hydrogen (secondary N) is 1. The second kappa shape index (κ2) is 10.9. The van der Waals surface area contributed by atoms with Crippen LogP contribution in [0.25, 0.3) is 6.08 Å². The third-order valence-electron chi connectivity index (χ3n) is 6.13. The monoisotopic (exact) mass is 493 g/mol. The molecule has 2 aromatic carbocycles. The van der Waals surface area contributed by atoms with E-state index in [0.29, 0.717) is 16.6 Å². The van der Waals surface area contributed by atoms with Gasteiger partial charge in [-0.1, -0.05) is 54.6 Å². The Morgan fingerprint density at radius 3 is 2.14 bits per heavy atom. The fourth-order valence-corrected chi connectivity index (χ4v) is 3.49. The summed E-state index contributed by atoms with van der Waals surface area (Å²) in [4.78, 5) is 25.3. The van der Waals surface area contributed by atoms with E-state index in [4.69, 9.17) is 18.8 Å². The third-order valence-corrected chi connectivity index (χ3v) is 6.13. The van der Waals surface area contributed by atoms with Crippen LogP contribution in [0.1, 0.15) is 70.0 Å². The first-order chi connectivity index (χ1) is 16.8. The lowest BCUT2D eigenvalue weighted by Crippen LogP contribution is -2.41. The second-order valence-electron chi connectivity index (χ2n) is 10.8. The van der Waals surface area contributed by atoms with Crippen molar-refractivity contribution in [3.8, 4) is 0 Å². The molecule has 192 valence electrons. The molecule has 1 heterocycles. The van der Waals surface area contributed by atoms with E-state index < -0.39 is 36.0 Å². The molecule has 0 aliphatic carbocycles. The van der Waals surface area contributed by atoms with Crippen LogP contribution >= 0.6 is 0 Å². The number of esters is 1. The second-order valence-corrected chi connectivity index (χ2v) is 10.8. The zero-order valence-electron chi connectivity index (χ0n) is 22.2. The smallest absolute Gasteiger partial charge is 0.456 e. The Morgan fingerprint density at radius 1 is 0.944 bits per heavy atom. The van der Waals surface area contributed by atoms with Crippen LogP contribution in [0.5, 0.6) is 0 Å². The van der Waals surface area contributed by atoms with Crippen molar-refractivity contribution < 1.29 is 28.4 Å². The highest BCUT2D eigenvalue weighted by molar-refractivity contribution is 6.56. The summed E-state index contributed by atoms with van der Waals surface area (Å²) in [5.41, 5.74) is 0.794. The van der Waals surface area contributed by atoms with Crippen molar-refractivity contribution in [2.75, 3.05) is 6.54 Å². The molecule has 1 fully saturated rings. The van der Waals surface area contributed by atoms with Gasteiger partial charge in [-0.3, -0.25) is 0 Å². The van der Waals surface area contributed by atoms with Crippen molar-refractivity contribution in [3.63, 3.8) is 0 Å². The molecular weight excluding hydrogens is 457 g/mol. The maximum atomic E-state index is 12.9. The van der Waals surface area contributed by atoms with Gasteiger partial charge in [-0.15, -0.1) is 0 Å². The van der Waals surface area contributed by atoms with Gasteiger partial charge in [-0.2, -0.15) is 0 Å². The number of ether oxygens (including phenoxy) is 2. The van der Waals surface area contributed by atoms with E-state index in [1.54, 1.807) is 18.2 Å². The minimum Gasteiger partial charge on any atom is -0.456 e.